The third-order valence-electron chi connectivity index (χ3n) is 6.60. The van der Waals surface area contributed by atoms with E-state index in [-0.39, 0.29) is 29.5 Å². The second-order valence-corrected chi connectivity index (χ2v) is 13.9. The highest BCUT2D eigenvalue weighted by Crippen LogP contribution is 2.42. The van der Waals surface area contributed by atoms with Crippen LogP contribution >= 0.6 is 0 Å². The van der Waals surface area contributed by atoms with Crippen molar-refractivity contribution in [3.8, 4) is 0 Å². The van der Waals surface area contributed by atoms with E-state index in [9.17, 15) is 0 Å². The van der Waals surface area contributed by atoms with Gasteiger partial charge in [-0.1, -0.05) is 94.8 Å². The van der Waals surface area contributed by atoms with Crippen molar-refractivity contribution in [3.05, 3.63) is 60.7 Å². The van der Waals surface area contributed by atoms with Crippen molar-refractivity contribution in [1.82, 2.24) is 0 Å². The predicted octanol–water partition coefficient (Wildman–Crippen LogP) is 4.12. The maximum Gasteiger partial charge on any atom is 0.261 e. The summed E-state index contributed by atoms with van der Waals surface area (Å²) in [4.78, 5) is 0. The summed E-state index contributed by atoms with van der Waals surface area (Å²) in [6.45, 7) is 11.0. The Balaban J connectivity index is 1.71. The number of ether oxygens (including phenoxy) is 3. The van der Waals surface area contributed by atoms with E-state index in [1.807, 2.05) is 0 Å². The first-order valence-corrected chi connectivity index (χ1v) is 13.5. The molecular weight excluding hydrogens is 404 g/mol. The van der Waals surface area contributed by atoms with E-state index in [0.29, 0.717) is 13.2 Å². The van der Waals surface area contributed by atoms with Gasteiger partial charge in [0, 0.05) is 6.61 Å². The van der Waals surface area contributed by atoms with Gasteiger partial charge < -0.3 is 18.6 Å². The van der Waals surface area contributed by atoms with Crippen LogP contribution in [0.25, 0.3) is 0 Å². The fraction of sp³-hybridized carbons (Fsp3) is 0.538. The summed E-state index contributed by atoms with van der Waals surface area (Å²) in [6.07, 6.45) is 1.94. The summed E-state index contributed by atoms with van der Waals surface area (Å²) in [7, 11) is -2.63. The zero-order valence-corrected chi connectivity index (χ0v) is 20.3. The number of rotatable bonds is 8. The van der Waals surface area contributed by atoms with Crippen LogP contribution in [0.2, 0.25) is 5.04 Å². The van der Waals surface area contributed by atoms with Gasteiger partial charge in [0.2, 0.25) is 0 Å². The summed E-state index contributed by atoms with van der Waals surface area (Å²) in [6, 6.07) is 21.6. The van der Waals surface area contributed by atoms with Gasteiger partial charge in [-0.05, 0) is 21.8 Å². The van der Waals surface area contributed by atoms with Gasteiger partial charge in [0.15, 0.2) is 6.29 Å². The average molecular weight is 441 g/mol. The molecule has 0 aromatic heterocycles. The van der Waals surface area contributed by atoms with Gasteiger partial charge in [-0.3, -0.25) is 0 Å². The molecule has 0 N–H and O–H groups in total. The normalized spacial score (nSPS) is 26.2. The van der Waals surface area contributed by atoms with Gasteiger partial charge in [0.05, 0.1) is 31.3 Å². The second kappa shape index (κ2) is 9.55. The largest absolute Gasteiger partial charge is 0.402 e. The fourth-order valence-corrected chi connectivity index (χ4v) is 9.73. The molecule has 0 unspecified atom stereocenters. The molecule has 4 rings (SSSR count). The molecule has 2 aliphatic heterocycles. The quantitative estimate of drug-likeness (QED) is 0.457. The number of benzene rings is 2. The van der Waals surface area contributed by atoms with Gasteiger partial charge in [-0.2, -0.15) is 0 Å². The molecule has 4 atom stereocenters. The molecule has 2 aromatic carbocycles. The Hall–Kier alpha value is -1.50. The molecule has 0 amide bonds. The van der Waals surface area contributed by atoms with E-state index in [0.717, 1.165) is 19.4 Å². The summed E-state index contributed by atoms with van der Waals surface area (Å²) < 4.78 is 25.6. The summed E-state index contributed by atoms with van der Waals surface area (Å²) in [5, 5.41) is 2.52. The van der Waals surface area contributed by atoms with Crippen LogP contribution in [0.1, 0.15) is 40.5 Å². The van der Waals surface area contributed by atoms with Crippen molar-refractivity contribution in [2.75, 3.05) is 19.8 Å². The van der Waals surface area contributed by atoms with Crippen LogP contribution in [0, 0.1) is 5.92 Å². The topological polar surface area (TPSA) is 36.9 Å². The summed E-state index contributed by atoms with van der Waals surface area (Å²) in [5.74, 6) is 0.110. The first-order chi connectivity index (χ1) is 15.0. The first-order valence-electron chi connectivity index (χ1n) is 11.6. The van der Waals surface area contributed by atoms with Gasteiger partial charge in [-0.25, -0.2) is 0 Å². The third kappa shape index (κ3) is 4.39. The molecule has 168 valence electrons. The monoisotopic (exact) mass is 440 g/mol. The average Bonchev–Trinajstić information content (AvgIpc) is 3.35. The Labute approximate surface area is 188 Å². The van der Waals surface area contributed by atoms with Gasteiger partial charge in [0.1, 0.15) is 0 Å². The molecule has 0 bridgehead atoms. The molecule has 31 heavy (non-hydrogen) atoms. The first kappa shape index (κ1) is 22.7. The van der Waals surface area contributed by atoms with Gasteiger partial charge >= 0.3 is 0 Å². The standard InChI is InChI=1S/C26H36O4Si/c1-5-6-17-27-22-18-28-25-24(22)23(19-29-25)30-31(26(2,3)4,20-13-9-7-10-14-20)21-15-11-8-12-16-21/h7-16,22-25H,5-6,17-19H2,1-4H3/t22-,23-,24-,25+/m0/s1. The fourth-order valence-electron chi connectivity index (χ4n) is 5.03. The minimum absolute atomic E-state index is 0.0299. The highest BCUT2D eigenvalue weighted by molar-refractivity contribution is 6.99. The minimum Gasteiger partial charge on any atom is -0.402 e. The third-order valence-corrected chi connectivity index (χ3v) is 11.7. The molecule has 0 saturated carbocycles. The molecule has 2 saturated heterocycles. The van der Waals surface area contributed by atoms with Crippen LogP contribution in [-0.2, 0) is 18.6 Å². The lowest BCUT2D eigenvalue weighted by Crippen LogP contribution is -2.68. The number of unbranched alkanes of at least 4 members (excludes halogenated alkanes) is 1. The molecule has 4 nitrogen and oxygen atoms in total. The smallest absolute Gasteiger partial charge is 0.261 e. The van der Waals surface area contributed by atoms with E-state index >= 15 is 0 Å². The Morgan fingerprint density at radius 3 is 1.94 bits per heavy atom. The second-order valence-electron chi connectivity index (χ2n) is 9.69. The summed E-state index contributed by atoms with van der Waals surface area (Å²) in [5.41, 5.74) is 0. The van der Waals surface area contributed by atoms with E-state index in [2.05, 4.69) is 88.4 Å². The van der Waals surface area contributed by atoms with Crippen LogP contribution in [0.4, 0.5) is 0 Å². The Bertz CT molecular complexity index is 781. The van der Waals surface area contributed by atoms with Gasteiger partial charge in [-0.15, -0.1) is 0 Å². The highest BCUT2D eigenvalue weighted by atomic mass is 28.4. The maximum atomic E-state index is 7.34. The van der Waals surface area contributed by atoms with Crippen LogP contribution in [0.5, 0.6) is 0 Å². The van der Waals surface area contributed by atoms with Crippen molar-refractivity contribution in [2.24, 2.45) is 5.92 Å². The number of hydrogen-bond acceptors (Lipinski definition) is 4. The van der Waals surface area contributed by atoms with Crippen LogP contribution < -0.4 is 10.4 Å². The molecule has 0 aliphatic carbocycles. The zero-order chi connectivity index (χ0) is 21.9. The molecule has 0 spiro atoms. The lowest BCUT2D eigenvalue weighted by molar-refractivity contribution is -0.0913. The molecule has 2 aliphatic rings. The van der Waals surface area contributed by atoms with Crippen LogP contribution in [0.15, 0.2) is 60.7 Å². The van der Waals surface area contributed by atoms with Crippen molar-refractivity contribution in [2.45, 2.75) is 64.1 Å². The molecular formula is C26H36O4Si. The summed E-state index contributed by atoms with van der Waals surface area (Å²) >= 11 is 0. The van der Waals surface area contributed by atoms with Crippen molar-refractivity contribution in [1.29, 1.82) is 0 Å². The SMILES string of the molecule is CCCCO[C@H]1CO[C@@H]2OC[C@H](O[Si](c3ccccc3)(c3ccccc3)C(C)(C)C)[C@@H]21. The van der Waals surface area contributed by atoms with E-state index < -0.39 is 8.32 Å². The van der Waals surface area contributed by atoms with Crippen molar-refractivity contribution in [3.63, 3.8) is 0 Å². The molecule has 2 aromatic rings. The Kier molecular flexibility index (Phi) is 6.99. The molecule has 0 radical (unpaired) electrons. The predicted molar refractivity (Wildman–Crippen MR) is 126 cm³/mol. The number of hydrogen-bond donors (Lipinski definition) is 0. The van der Waals surface area contributed by atoms with E-state index in [1.54, 1.807) is 0 Å². The van der Waals surface area contributed by atoms with Gasteiger partial charge in [0.25, 0.3) is 8.32 Å². The maximum absolute atomic E-state index is 7.34. The lowest BCUT2D eigenvalue weighted by atomic mass is 10.0. The molecule has 5 heteroatoms. The Morgan fingerprint density at radius 2 is 1.42 bits per heavy atom. The number of fused-ring (bicyclic) bond motifs is 1. The van der Waals surface area contributed by atoms with Crippen LogP contribution in [-0.4, -0.2) is 46.6 Å². The molecule has 2 fully saturated rings. The van der Waals surface area contributed by atoms with E-state index in [1.165, 1.54) is 10.4 Å². The lowest BCUT2D eigenvalue weighted by Gasteiger charge is -2.45. The minimum atomic E-state index is -2.63. The zero-order valence-electron chi connectivity index (χ0n) is 19.3. The van der Waals surface area contributed by atoms with Crippen molar-refractivity contribution >= 4 is 18.7 Å². The van der Waals surface area contributed by atoms with Crippen LogP contribution in [0.3, 0.4) is 0 Å². The van der Waals surface area contributed by atoms with Crippen molar-refractivity contribution < 1.29 is 18.6 Å². The Morgan fingerprint density at radius 1 is 0.871 bits per heavy atom. The van der Waals surface area contributed by atoms with E-state index in [4.69, 9.17) is 18.6 Å². The highest BCUT2D eigenvalue weighted by Gasteiger charge is 2.56. The molecule has 2 heterocycles.